The van der Waals surface area contributed by atoms with E-state index in [4.69, 9.17) is 4.74 Å². The van der Waals surface area contributed by atoms with Gasteiger partial charge in [0, 0.05) is 12.1 Å². The lowest BCUT2D eigenvalue weighted by Gasteiger charge is -2.26. The molecule has 1 aliphatic heterocycles. The van der Waals surface area contributed by atoms with Crippen LogP contribution in [0.3, 0.4) is 0 Å². The van der Waals surface area contributed by atoms with Gasteiger partial charge in [0.25, 0.3) is 5.69 Å². The van der Waals surface area contributed by atoms with Crippen LogP contribution in [0.2, 0.25) is 0 Å². The van der Waals surface area contributed by atoms with Crippen molar-refractivity contribution in [2.24, 2.45) is 0 Å². The molecule has 164 valence electrons. The number of benzene rings is 2. The topological polar surface area (TPSA) is 73.4 Å². The summed E-state index contributed by atoms with van der Waals surface area (Å²) < 4.78 is 7.86. The molecule has 7 nitrogen and oxygen atoms in total. The maximum absolute atomic E-state index is 11.3. The number of rotatable bonds is 10. The molecule has 1 fully saturated rings. The number of non-ortho nitro benzene ring substituents is 1. The van der Waals surface area contributed by atoms with E-state index in [1.165, 1.54) is 51.4 Å². The molecule has 0 amide bonds. The smallest absolute Gasteiger partial charge is 0.270 e. The van der Waals surface area contributed by atoms with E-state index >= 15 is 0 Å². The van der Waals surface area contributed by atoms with Crippen molar-refractivity contribution in [1.82, 2.24) is 14.7 Å². The second-order valence-electron chi connectivity index (χ2n) is 8.22. The zero-order chi connectivity index (χ0) is 21.5. The summed E-state index contributed by atoms with van der Waals surface area (Å²) >= 11 is 0. The summed E-state index contributed by atoms with van der Waals surface area (Å²) in [4.78, 5) is 13.4. The van der Waals surface area contributed by atoms with Gasteiger partial charge in [-0.2, -0.15) is 0 Å². The molecular formula is C24H30N4O3. The van der Waals surface area contributed by atoms with Crippen LogP contribution in [-0.4, -0.2) is 45.8 Å². The van der Waals surface area contributed by atoms with Crippen LogP contribution >= 0.6 is 0 Å². The Morgan fingerprint density at radius 3 is 2.58 bits per heavy atom. The van der Waals surface area contributed by atoms with Crippen molar-refractivity contribution in [1.29, 1.82) is 0 Å². The van der Waals surface area contributed by atoms with E-state index in [1.807, 2.05) is 35.0 Å². The molecule has 0 radical (unpaired) electrons. The minimum atomic E-state index is -0.377. The van der Waals surface area contributed by atoms with Crippen molar-refractivity contribution in [2.75, 3.05) is 26.2 Å². The van der Waals surface area contributed by atoms with Crippen molar-refractivity contribution < 1.29 is 9.66 Å². The van der Waals surface area contributed by atoms with Gasteiger partial charge in [0.05, 0.1) is 29.0 Å². The van der Waals surface area contributed by atoms with Gasteiger partial charge in [0.15, 0.2) is 0 Å². The van der Waals surface area contributed by atoms with Crippen molar-refractivity contribution in [3.05, 3.63) is 64.2 Å². The first kappa shape index (κ1) is 21.3. The van der Waals surface area contributed by atoms with E-state index in [9.17, 15) is 10.1 Å². The second kappa shape index (κ2) is 10.4. The van der Waals surface area contributed by atoms with Gasteiger partial charge in [-0.05, 0) is 63.4 Å². The Bertz CT molecular complexity index is 997. The molecule has 3 aromatic rings. The zero-order valence-electron chi connectivity index (χ0n) is 17.9. The number of likely N-dealkylation sites (tertiary alicyclic amines) is 1. The van der Waals surface area contributed by atoms with Crippen LogP contribution in [0.1, 0.15) is 44.1 Å². The highest BCUT2D eigenvalue weighted by Crippen LogP contribution is 2.29. The van der Waals surface area contributed by atoms with Crippen LogP contribution in [-0.2, 0) is 6.54 Å². The maximum atomic E-state index is 11.3. The van der Waals surface area contributed by atoms with Gasteiger partial charge in [-0.15, -0.1) is 5.10 Å². The standard InChI is InChI=1S/C24H30N4O3/c29-28(30)21-12-13-23-22(18-21)24(25-27(23)19-20-10-4-1-5-11-20)31-17-9-3-8-16-26-14-6-2-7-15-26/h1,4-5,10-13,18H,2-3,6-9,14-17,19H2. The molecule has 2 heterocycles. The minimum Gasteiger partial charge on any atom is -0.476 e. The average molecular weight is 423 g/mol. The van der Waals surface area contributed by atoms with E-state index in [1.54, 1.807) is 12.1 Å². The van der Waals surface area contributed by atoms with Gasteiger partial charge in [0.2, 0.25) is 5.88 Å². The van der Waals surface area contributed by atoms with Gasteiger partial charge < -0.3 is 9.64 Å². The normalized spacial score (nSPS) is 14.7. The highest BCUT2D eigenvalue weighted by atomic mass is 16.6. The highest BCUT2D eigenvalue weighted by molar-refractivity contribution is 5.86. The summed E-state index contributed by atoms with van der Waals surface area (Å²) in [6, 6.07) is 14.9. The van der Waals surface area contributed by atoms with Crippen molar-refractivity contribution in [3.8, 4) is 5.88 Å². The molecule has 1 aromatic heterocycles. The number of piperidine rings is 1. The fourth-order valence-corrected chi connectivity index (χ4v) is 4.20. The van der Waals surface area contributed by atoms with Crippen LogP contribution < -0.4 is 4.74 Å². The second-order valence-corrected chi connectivity index (χ2v) is 8.22. The van der Waals surface area contributed by atoms with E-state index in [0.717, 1.165) is 23.9 Å². The Hall–Kier alpha value is -2.93. The monoisotopic (exact) mass is 422 g/mol. The summed E-state index contributed by atoms with van der Waals surface area (Å²) in [6.45, 7) is 4.80. The molecule has 0 aliphatic carbocycles. The number of hydrogen-bond acceptors (Lipinski definition) is 5. The van der Waals surface area contributed by atoms with E-state index in [0.29, 0.717) is 24.4 Å². The molecule has 1 aliphatic rings. The number of nitro benzene ring substituents is 1. The van der Waals surface area contributed by atoms with Crippen LogP contribution in [0, 0.1) is 10.1 Å². The summed E-state index contributed by atoms with van der Waals surface area (Å²) in [7, 11) is 0. The number of aromatic nitrogens is 2. The van der Waals surface area contributed by atoms with Gasteiger partial charge in [0.1, 0.15) is 0 Å². The summed E-state index contributed by atoms with van der Waals surface area (Å²) in [5.74, 6) is 0.477. The molecule has 7 heteroatoms. The quantitative estimate of drug-likeness (QED) is 0.260. The summed E-state index contributed by atoms with van der Waals surface area (Å²) in [5, 5.41) is 16.6. The summed E-state index contributed by atoms with van der Waals surface area (Å²) in [5.41, 5.74) is 2.02. The zero-order valence-corrected chi connectivity index (χ0v) is 17.9. The third kappa shape index (κ3) is 5.61. The predicted octanol–water partition coefficient (Wildman–Crippen LogP) is 5.03. The largest absolute Gasteiger partial charge is 0.476 e. The number of hydrogen-bond donors (Lipinski definition) is 0. The lowest BCUT2D eigenvalue weighted by Crippen LogP contribution is -2.30. The van der Waals surface area contributed by atoms with E-state index in [2.05, 4.69) is 10.00 Å². The molecule has 0 saturated carbocycles. The van der Waals surface area contributed by atoms with Gasteiger partial charge >= 0.3 is 0 Å². The number of ether oxygens (including phenoxy) is 1. The molecule has 31 heavy (non-hydrogen) atoms. The Labute approximate surface area is 182 Å². The molecule has 0 atom stereocenters. The molecule has 0 unspecified atom stereocenters. The lowest BCUT2D eigenvalue weighted by molar-refractivity contribution is -0.384. The fourth-order valence-electron chi connectivity index (χ4n) is 4.20. The Kier molecular flexibility index (Phi) is 7.14. The molecule has 2 aromatic carbocycles. The first-order chi connectivity index (χ1) is 15.2. The molecule has 1 saturated heterocycles. The van der Waals surface area contributed by atoms with Gasteiger partial charge in [-0.25, -0.2) is 0 Å². The first-order valence-corrected chi connectivity index (χ1v) is 11.2. The Morgan fingerprint density at radius 1 is 1.00 bits per heavy atom. The third-order valence-electron chi connectivity index (χ3n) is 5.89. The number of nitrogens with zero attached hydrogens (tertiary/aromatic N) is 4. The molecular weight excluding hydrogens is 392 g/mol. The van der Waals surface area contributed by atoms with Crippen LogP contribution in [0.25, 0.3) is 10.9 Å². The van der Waals surface area contributed by atoms with E-state index < -0.39 is 0 Å². The predicted molar refractivity (Wildman–Crippen MR) is 122 cm³/mol. The Morgan fingerprint density at radius 2 is 1.81 bits per heavy atom. The molecule has 4 rings (SSSR count). The third-order valence-corrected chi connectivity index (χ3v) is 5.89. The summed E-state index contributed by atoms with van der Waals surface area (Å²) in [6.07, 6.45) is 7.27. The molecule has 0 spiro atoms. The number of unbranched alkanes of at least 4 members (excludes halogenated alkanes) is 2. The minimum absolute atomic E-state index is 0.0538. The molecule has 0 bridgehead atoms. The van der Waals surface area contributed by atoms with Gasteiger partial charge in [-0.1, -0.05) is 36.8 Å². The number of nitro groups is 1. The highest BCUT2D eigenvalue weighted by Gasteiger charge is 2.16. The van der Waals surface area contributed by atoms with Crippen molar-refractivity contribution in [3.63, 3.8) is 0 Å². The first-order valence-electron chi connectivity index (χ1n) is 11.2. The van der Waals surface area contributed by atoms with Crippen LogP contribution in [0.15, 0.2) is 48.5 Å². The van der Waals surface area contributed by atoms with E-state index in [-0.39, 0.29) is 10.6 Å². The van der Waals surface area contributed by atoms with Crippen LogP contribution in [0.5, 0.6) is 5.88 Å². The van der Waals surface area contributed by atoms with Crippen molar-refractivity contribution >= 4 is 16.6 Å². The van der Waals surface area contributed by atoms with Gasteiger partial charge in [-0.3, -0.25) is 14.8 Å². The van der Waals surface area contributed by atoms with Crippen LogP contribution in [0.4, 0.5) is 5.69 Å². The Balaban J connectivity index is 1.39. The number of fused-ring (bicyclic) bond motifs is 1. The lowest BCUT2D eigenvalue weighted by atomic mass is 10.1. The molecule has 0 N–H and O–H groups in total. The maximum Gasteiger partial charge on any atom is 0.270 e. The average Bonchev–Trinajstić information content (AvgIpc) is 3.14. The SMILES string of the molecule is O=[N+]([O-])c1ccc2c(c1)c(OCCCCCN1CCCCC1)nn2Cc1ccccc1. The fraction of sp³-hybridized carbons (Fsp3) is 0.458. The van der Waals surface area contributed by atoms with Crippen molar-refractivity contribution in [2.45, 2.75) is 45.1 Å².